The summed E-state index contributed by atoms with van der Waals surface area (Å²) in [6.45, 7) is 4.10. The minimum atomic E-state index is -0.275. The molecule has 0 aromatic heterocycles. The summed E-state index contributed by atoms with van der Waals surface area (Å²) in [4.78, 5) is 15.3. The molecule has 2 fully saturated rings. The van der Waals surface area contributed by atoms with Crippen LogP contribution in [0.15, 0.2) is 0 Å². The van der Waals surface area contributed by atoms with Gasteiger partial charge in [0.15, 0.2) is 0 Å². The summed E-state index contributed by atoms with van der Waals surface area (Å²) >= 11 is 0. The molecule has 0 saturated carbocycles. The van der Waals surface area contributed by atoms with Crippen LogP contribution in [-0.2, 0) is 0 Å². The molecular formula is C10H18N3O. The van der Waals surface area contributed by atoms with Crippen molar-refractivity contribution in [2.75, 3.05) is 26.2 Å². The van der Waals surface area contributed by atoms with Crippen molar-refractivity contribution in [3.05, 3.63) is 6.42 Å². The zero-order chi connectivity index (χ0) is 9.97. The van der Waals surface area contributed by atoms with Gasteiger partial charge >= 0.3 is 6.03 Å². The molecule has 1 atom stereocenters. The predicted molar refractivity (Wildman–Crippen MR) is 54.7 cm³/mol. The molecule has 0 spiro atoms. The number of hydrogen-bond acceptors (Lipinski definition) is 2. The van der Waals surface area contributed by atoms with Gasteiger partial charge in [-0.25, -0.2) is 4.79 Å². The maximum atomic E-state index is 11.1. The van der Waals surface area contributed by atoms with Crippen molar-refractivity contribution in [1.29, 1.82) is 0 Å². The fourth-order valence-electron chi connectivity index (χ4n) is 2.39. The lowest BCUT2D eigenvalue weighted by Gasteiger charge is -2.26. The zero-order valence-corrected chi connectivity index (χ0v) is 8.48. The predicted octanol–water partition coefficient (Wildman–Crippen LogP) is 0.439. The highest BCUT2D eigenvalue weighted by atomic mass is 16.2. The van der Waals surface area contributed by atoms with Crippen molar-refractivity contribution >= 4 is 6.03 Å². The third-order valence-electron chi connectivity index (χ3n) is 3.16. The number of urea groups is 1. The molecular weight excluding hydrogens is 178 g/mol. The van der Waals surface area contributed by atoms with Crippen molar-refractivity contribution < 1.29 is 4.79 Å². The second-order valence-corrected chi connectivity index (χ2v) is 4.18. The molecule has 2 heterocycles. The molecule has 0 aromatic carbocycles. The molecule has 0 aromatic rings. The van der Waals surface area contributed by atoms with Crippen LogP contribution in [-0.4, -0.2) is 48.1 Å². The molecule has 79 valence electrons. The first-order valence-electron chi connectivity index (χ1n) is 5.37. The summed E-state index contributed by atoms with van der Waals surface area (Å²) in [6, 6.07) is 0.0496. The van der Waals surface area contributed by atoms with E-state index in [1.165, 1.54) is 25.9 Å². The molecule has 0 aliphatic carbocycles. The Balaban J connectivity index is 1.86. The van der Waals surface area contributed by atoms with Gasteiger partial charge in [-0.05, 0) is 38.8 Å². The van der Waals surface area contributed by atoms with Crippen molar-refractivity contribution in [2.45, 2.75) is 25.3 Å². The topological polar surface area (TPSA) is 49.6 Å². The summed E-state index contributed by atoms with van der Waals surface area (Å²) in [5.41, 5.74) is 5.31. The van der Waals surface area contributed by atoms with Crippen molar-refractivity contribution in [2.24, 2.45) is 5.73 Å². The first-order valence-corrected chi connectivity index (χ1v) is 5.37. The Morgan fingerprint density at radius 2 is 2.14 bits per heavy atom. The first-order chi connectivity index (χ1) is 6.77. The monoisotopic (exact) mass is 196 g/mol. The highest BCUT2D eigenvalue weighted by Gasteiger charge is 2.29. The van der Waals surface area contributed by atoms with Crippen LogP contribution in [0, 0.1) is 6.42 Å². The molecule has 1 radical (unpaired) electrons. The maximum absolute atomic E-state index is 11.1. The highest BCUT2D eigenvalue weighted by molar-refractivity contribution is 5.73. The lowest BCUT2D eigenvalue weighted by atomic mass is 10.2. The van der Waals surface area contributed by atoms with Crippen molar-refractivity contribution in [1.82, 2.24) is 9.80 Å². The van der Waals surface area contributed by atoms with Gasteiger partial charge < -0.3 is 15.5 Å². The van der Waals surface area contributed by atoms with E-state index in [9.17, 15) is 4.79 Å². The van der Waals surface area contributed by atoms with E-state index in [1.807, 2.05) is 0 Å². The summed E-state index contributed by atoms with van der Waals surface area (Å²) in [5, 5.41) is 0. The Kier molecular flexibility index (Phi) is 2.91. The molecule has 2 amide bonds. The van der Waals surface area contributed by atoms with E-state index >= 15 is 0 Å². The number of hydrogen-bond donors (Lipinski definition) is 1. The van der Waals surface area contributed by atoms with Gasteiger partial charge in [0.05, 0.1) is 0 Å². The number of nitrogens with two attached hydrogens (primary N) is 1. The average molecular weight is 196 g/mol. The number of carbonyl (C=O) groups excluding carboxylic acids is 1. The Hall–Kier alpha value is -0.770. The number of likely N-dealkylation sites (tertiary alicyclic amines) is 2. The lowest BCUT2D eigenvalue weighted by molar-refractivity contribution is 0.183. The fourth-order valence-corrected chi connectivity index (χ4v) is 2.39. The summed E-state index contributed by atoms with van der Waals surface area (Å²) in [7, 11) is 0. The van der Waals surface area contributed by atoms with Crippen LogP contribution in [0.5, 0.6) is 0 Å². The van der Waals surface area contributed by atoms with Crippen LogP contribution in [0.1, 0.15) is 19.3 Å². The van der Waals surface area contributed by atoms with E-state index in [1.54, 1.807) is 4.90 Å². The van der Waals surface area contributed by atoms with E-state index < -0.39 is 0 Å². The quantitative estimate of drug-likeness (QED) is 0.696. The van der Waals surface area contributed by atoms with Crippen LogP contribution in [0.3, 0.4) is 0 Å². The lowest BCUT2D eigenvalue weighted by Crippen LogP contribution is -2.44. The molecule has 0 bridgehead atoms. The molecule has 0 unspecified atom stereocenters. The normalized spacial score (nSPS) is 28.6. The van der Waals surface area contributed by atoms with Crippen LogP contribution in [0.25, 0.3) is 0 Å². The van der Waals surface area contributed by atoms with Gasteiger partial charge in [-0.3, -0.25) is 0 Å². The van der Waals surface area contributed by atoms with Gasteiger partial charge in [0.25, 0.3) is 0 Å². The van der Waals surface area contributed by atoms with Crippen LogP contribution in [0.4, 0.5) is 4.79 Å². The van der Waals surface area contributed by atoms with Crippen molar-refractivity contribution in [3.63, 3.8) is 0 Å². The third-order valence-corrected chi connectivity index (χ3v) is 3.16. The average Bonchev–Trinajstić information content (AvgIpc) is 2.75. The van der Waals surface area contributed by atoms with Crippen LogP contribution >= 0.6 is 0 Å². The number of amides is 2. The second kappa shape index (κ2) is 4.17. The minimum absolute atomic E-state index is 0.275. The van der Waals surface area contributed by atoms with Gasteiger partial charge in [-0.1, -0.05) is 0 Å². The molecule has 2 N–H and O–H groups in total. The summed E-state index contributed by atoms with van der Waals surface area (Å²) < 4.78 is 0. The molecule has 2 aliphatic rings. The largest absolute Gasteiger partial charge is 0.351 e. The summed E-state index contributed by atoms with van der Waals surface area (Å²) in [6.07, 6.45) is 5.74. The number of carbonyl (C=O) groups is 1. The second-order valence-electron chi connectivity index (χ2n) is 4.18. The van der Waals surface area contributed by atoms with E-state index in [4.69, 9.17) is 5.73 Å². The third kappa shape index (κ3) is 2.00. The van der Waals surface area contributed by atoms with Gasteiger partial charge in [-0.2, -0.15) is 0 Å². The molecule has 14 heavy (non-hydrogen) atoms. The molecule has 4 nitrogen and oxygen atoms in total. The molecule has 4 heteroatoms. The van der Waals surface area contributed by atoms with E-state index in [0.717, 1.165) is 19.5 Å². The Morgan fingerprint density at radius 1 is 1.43 bits per heavy atom. The van der Waals surface area contributed by atoms with Gasteiger partial charge in [0.2, 0.25) is 0 Å². The number of nitrogens with zero attached hydrogens (tertiary/aromatic N) is 2. The van der Waals surface area contributed by atoms with Gasteiger partial charge in [0.1, 0.15) is 0 Å². The van der Waals surface area contributed by atoms with Gasteiger partial charge in [0, 0.05) is 19.1 Å². The molecule has 2 rings (SSSR count). The highest BCUT2D eigenvalue weighted by Crippen LogP contribution is 2.19. The molecule has 2 aliphatic heterocycles. The number of rotatable bonds is 2. The minimum Gasteiger partial charge on any atom is -0.351 e. The van der Waals surface area contributed by atoms with E-state index in [2.05, 4.69) is 11.3 Å². The van der Waals surface area contributed by atoms with Crippen LogP contribution < -0.4 is 5.73 Å². The maximum Gasteiger partial charge on any atom is 0.315 e. The van der Waals surface area contributed by atoms with Gasteiger partial charge in [-0.15, -0.1) is 0 Å². The number of primary amides is 1. The van der Waals surface area contributed by atoms with E-state index in [-0.39, 0.29) is 6.03 Å². The summed E-state index contributed by atoms with van der Waals surface area (Å²) in [5.74, 6) is 0. The fraction of sp³-hybridized carbons (Fsp3) is 0.800. The van der Waals surface area contributed by atoms with Crippen LogP contribution in [0.2, 0.25) is 0 Å². The Bertz CT molecular complexity index is 213. The standard InChI is InChI=1S/C10H18N3O/c11-10(14)13-7-3-4-9(13)8-12-5-1-2-6-12/h3,9H,1-2,4-8H2,(H2,11,14)/t9-/m0/s1. The molecule has 2 saturated heterocycles. The Labute approximate surface area is 85.0 Å². The zero-order valence-electron chi connectivity index (χ0n) is 8.48. The first kappa shape index (κ1) is 9.77. The SMILES string of the molecule is NC(=O)N1C[CH]C[C@H]1CN1CCCC1. The van der Waals surface area contributed by atoms with Crippen molar-refractivity contribution in [3.8, 4) is 0 Å². The Morgan fingerprint density at radius 3 is 2.79 bits per heavy atom. The smallest absolute Gasteiger partial charge is 0.315 e. The van der Waals surface area contributed by atoms with E-state index in [0.29, 0.717) is 6.04 Å².